The smallest absolute Gasteiger partial charge is 0.00935 e. The van der Waals surface area contributed by atoms with E-state index in [0.717, 1.165) is 18.9 Å². The van der Waals surface area contributed by atoms with E-state index in [4.69, 9.17) is 5.73 Å². The molecule has 58 valence electrons. The summed E-state index contributed by atoms with van der Waals surface area (Å²) in [4.78, 5) is 0. The number of nitrogens with one attached hydrogen (secondary N) is 1. The Balaban J connectivity index is 0. The van der Waals surface area contributed by atoms with Crippen LogP contribution in [0.4, 0.5) is 0 Å². The quantitative estimate of drug-likeness (QED) is 0.607. The summed E-state index contributed by atoms with van der Waals surface area (Å²) in [6.45, 7) is 0. The minimum atomic E-state index is 0. The highest BCUT2D eigenvalue weighted by atomic mass is 35.5. The van der Waals surface area contributed by atoms with Gasteiger partial charge < -0.3 is 11.1 Å². The van der Waals surface area contributed by atoms with Crippen molar-refractivity contribution >= 4 is 24.8 Å². The number of hydrogen-bond acceptors (Lipinski definition) is 2. The molecule has 1 fully saturated rings. The standard InChI is InChI=1S/C5H12N2.2ClH/c1-7-5-2-4(6)3-5;;/h4-5,7H,2-3,6H2,1H3;2*1H. The Labute approximate surface area is 68.4 Å². The van der Waals surface area contributed by atoms with Gasteiger partial charge in [0.1, 0.15) is 0 Å². The Morgan fingerprint density at radius 1 is 1.33 bits per heavy atom. The predicted octanol–water partition coefficient (Wildman–Crippen LogP) is 0.539. The first kappa shape index (κ1) is 12.2. The van der Waals surface area contributed by atoms with Crippen LogP contribution in [-0.4, -0.2) is 19.1 Å². The van der Waals surface area contributed by atoms with Crippen molar-refractivity contribution in [2.75, 3.05) is 7.05 Å². The molecule has 0 aromatic heterocycles. The molecular formula is C5H14Cl2N2. The molecule has 1 saturated carbocycles. The van der Waals surface area contributed by atoms with Crippen LogP contribution in [0.2, 0.25) is 0 Å². The first-order valence-corrected chi connectivity index (χ1v) is 2.76. The summed E-state index contributed by atoms with van der Waals surface area (Å²) in [5.41, 5.74) is 5.50. The van der Waals surface area contributed by atoms with Crippen LogP contribution in [0.1, 0.15) is 12.8 Å². The van der Waals surface area contributed by atoms with Crippen molar-refractivity contribution in [1.29, 1.82) is 0 Å². The van der Waals surface area contributed by atoms with Gasteiger partial charge in [0.05, 0.1) is 0 Å². The van der Waals surface area contributed by atoms with Crippen molar-refractivity contribution in [3.05, 3.63) is 0 Å². The predicted molar refractivity (Wildman–Crippen MR) is 44.6 cm³/mol. The van der Waals surface area contributed by atoms with Gasteiger partial charge in [-0.05, 0) is 19.9 Å². The summed E-state index contributed by atoms with van der Waals surface area (Å²) in [5, 5.41) is 3.15. The summed E-state index contributed by atoms with van der Waals surface area (Å²) in [7, 11) is 1.98. The second-order valence-corrected chi connectivity index (χ2v) is 2.22. The third-order valence-corrected chi connectivity index (χ3v) is 1.58. The third kappa shape index (κ3) is 3.26. The van der Waals surface area contributed by atoms with Gasteiger partial charge in [-0.25, -0.2) is 0 Å². The fraction of sp³-hybridized carbons (Fsp3) is 1.00. The van der Waals surface area contributed by atoms with Crippen LogP contribution in [0.3, 0.4) is 0 Å². The monoisotopic (exact) mass is 172 g/mol. The minimum Gasteiger partial charge on any atom is -0.328 e. The first-order chi connectivity index (χ1) is 3.33. The van der Waals surface area contributed by atoms with E-state index in [0.29, 0.717) is 6.04 Å². The lowest BCUT2D eigenvalue weighted by molar-refractivity contribution is 0.308. The SMILES string of the molecule is CNC1CC(N)C1.Cl.Cl. The van der Waals surface area contributed by atoms with Crippen molar-refractivity contribution < 1.29 is 0 Å². The molecule has 2 nitrogen and oxygen atoms in total. The summed E-state index contributed by atoms with van der Waals surface area (Å²) < 4.78 is 0. The molecule has 3 N–H and O–H groups in total. The van der Waals surface area contributed by atoms with E-state index in [9.17, 15) is 0 Å². The normalized spacial score (nSPS) is 31.3. The zero-order chi connectivity index (χ0) is 5.28. The van der Waals surface area contributed by atoms with Gasteiger partial charge in [-0.2, -0.15) is 0 Å². The van der Waals surface area contributed by atoms with E-state index in [2.05, 4.69) is 5.32 Å². The molecule has 9 heavy (non-hydrogen) atoms. The molecule has 0 radical (unpaired) electrons. The van der Waals surface area contributed by atoms with Gasteiger partial charge in [-0.1, -0.05) is 0 Å². The first-order valence-electron chi connectivity index (χ1n) is 2.76. The van der Waals surface area contributed by atoms with Crippen molar-refractivity contribution in [3.8, 4) is 0 Å². The maximum atomic E-state index is 5.50. The Bertz CT molecular complexity index is 64.0. The Kier molecular flexibility index (Phi) is 7.18. The summed E-state index contributed by atoms with van der Waals surface area (Å²) in [6, 6.07) is 1.20. The molecule has 1 aliphatic rings. The van der Waals surface area contributed by atoms with E-state index >= 15 is 0 Å². The molecule has 0 aliphatic heterocycles. The van der Waals surface area contributed by atoms with E-state index in [1.54, 1.807) is 0 Å². The molecule has 0 spiro atoms. The molecule has 0 aromatic rings. The van der Waals surface area contributed by atoms with Gasteiger partial charge >= 0.3 is 0 Å². The highest BCUT2D eigenvalue weighted by molar-refractivity contribution is 5.85. The average Bonchev–Trinajstić information content (AvgIpc) is 1.58. The second kappa shape index (κ2) is 5.30. The van der Waals surface area contributed by atoms with E-state index in [1.807, 2.05) is 7.05 Å². The maximum Gasteiger partial charge on any atom is 0.00935 e. The van der Waals surface area contributed by atoms with Crippen molar-refractivity contribution in [3.63, 3.8) is 0 Å². The van der Waals surface area contributed by atoms with E-state index in [-0.39, 0.29) is 24.8 Å². The van der Waals surface area contributed by atoms with Crippen LogP contribution in [0.15, 0.2) is 0 Å². The largest absolute Gasteiger partial charge is 0.328 e. The third-order valence-electron chi connectivity index (χ3n) is 1.58. The zero-order valence-electron chi connectivity index (χ0n) is 5.46. The second-order valence-electron chi connectivity index (χ2n) is 2.22. The summed E-state index contributed by atoms with van der Waals surface area (Å²) in [6.07, 6.45) is 2.33. The van der Waals surface area contributed by atoms with Crippen LogP contribution in [-0.2, 0) is 0 Å². The van der Waals surface area contributed by atoms with Crippen LogP contribution >= 0.6 is 24.8 Å². The van der Waals surface area contributed by atoms with Gasteiger partial charge in [0, 0.05) is 12.1 Å². The maximum absolute atomic E-state index is 5.50. The molecule has 0 unspecified atom stereocenters. The fourth-order valence-electron chi connectivity index (χ4n) is 0.898. The molecule has 1 aliphatic carbocycles. The van der Waals surface area contributed by atoms with Crippen molar-refractivity contribution in [2.24, 2.45) is 5.73 Å². The molecule has 0 atom stereocenters. The van der Waals surface area contributed by atoms with Gasteiger partial charge in [0.15, 0.2) is 0 Å². The van der Waals surface area contributed by atoms with Crippen LogP contribution in [0.25, 0.3) is 0 Å². The molecular weight excluding hydrogens is 159 g/mol. The number of rotatable bonds is 1. The summed E-state index contributed by atoms with van der Waals surface area (Å²) in [5.74, 6) is 0. The molecule has 4 heteroatoms. The molecule has 0 bridgehead atoms. The Morgan fingerprint density at radius 3 is 1.89 bits per heavy atom. The minimum absolute atomic E-state index is 0. The average molecular weight is 173 g/mol. The van der Waals surface area contributed by atoms with E-state index < -0.39 is 0 Å². The van der Waals surface area contributed by atoms with Gasteiger partial charge in [0.25, 0.3) is 0 Å². The lowest BCUT2D eigenvalue weighted by atomic mass is 9.88. The van der Waals surface area contributed by atoms with Crippen LogP contribution in [0.5, 0.6) is 0 Å². The molecule has 1 rings (SSSR count). The topological polar surface area (TPSA) is 38.0 Å². The molecule has 0 aromatic carbocycles. The van der Waals surface area contributed by atoms with Gasteiger partial charge in [-0.15, -0.1) is 24.8 Å². The van der Waals surface area contributed by atoms with Crippen LogP contribution < -0.4 is 11.1 Å². The highest BCUT2D eigenvalue weighted by Crippen LogP contribution is 2.15. The van der Waals surface area contributed by atoms with Crippen molar-refractivity contribution in [2.45, 2.75) is 24.9 Å². The van der Waals surface area contributed by atoms with Crippen LogP contribution in [0, 0.1) is 0 Å². The Morgan fingerprint density at radius 2 is 1.78 bits per heavy atom. The number of hydrogen-bond donors (Lipinski definition) is 2. The van der Waals surface area contributed by atoms with Gasteiger partial charge in [-0.3, -0.25) is 0 Å². The summed E-state index contributed by atoms with van der Waals surface area (Å²) >= 11 is 0. The van der Waals surface area contributed by atoms with Crippen molar-refractivity contribution in [1.82, 2.24) is 5.32 Å². The fourth-order valence-corrected chi connectivity index (χ4v) is 0.898. The van der Waals surface area contributed by atoms with E-state index in [1.165, 1.54) is 0 Å². The lowest BCUT2D eigenvalue weighted by Crippen LogP contribution is -2.46. The lowest BCUT2D eigenvalue weighted by Gasteiger charge is -2.31. The molecule has 0 heterocycles. The molecule has 0 amide bonds. The van der Waals surface area contributed by atoms with Gasteiger partial charge in [0.2, 0.25) is 0 Å². The highest BCUT2D eigenvalue weighted by Gasteiger charge is 2.23. The number of nitrogens with two attached hydrogens (primary N) is 1. The Hall–Kier alpha value is 0.500. The number of halogens is 2. The molecule has 0 saturated heterocycles. The zero-order valence-corrected chi connectivity index (χ0v) is 7.10.